The van der Waals surface area contributed by atoms with Gasteiger partial charge in [0.2, 0.25) is 0 Å². The monoisotopic (exact) mass is 525 g/mol. The maximum atomic E-state index is 13.6. The van der Waals surface area contributed by atoms with Gasteiger partial charge in [-0.3, -0.25) is 14.9 Å². The van der Waals surface area contributed by atoms with Crippen LogP contribution in [0.4, 0.5) is 18.0 Å². The second-order valence-electron chi connectivity index (χ2n) is 6.59. The molecule has 1 unspecified atom stereocenters. The number of alkyl halides is 3. The molecule has 1 saturated heterocycles. The van der Waals surface area contributed by atoms with Crippen molar-refractivity contribution >= 4 is 51.8 Å². The molecule has 2 amide bonds. The Labute approximate surface area is 194 Å². The zero-order valence-electron chi connectivity index (χ0n) is 16.4. The van der Waals surface area contributed by atoms with Crippen molar-refractivity contribution in [3.63, 3.8) is 0 Å². The molecule has 11 heteroatoms. The second-order valence-corrected chi connectivity index (χ2v) is 8.92. The number of esters is 1. The SMILES string of the molecule is COC(=O)C([As])Cc1ccc(Oc2ccc(/C=C3/SC(=O)NC3=O)cc2C(F)(F)F)cc1. The van der Waals surface area contributed by atoms with Gasteiger partial charge in [0.15, 0.2) is 0 Å². The van der Waals surface area contributed by atoms with E-state index < -0.39 is 33.3 Å². The molecule has 2 radical (unpaired) electrons. The first kappa shape index (κ1) is 23.9. The van der Waals surface area contributed by atoms with E-state index in [1.54, 1.807) is 12.1 Å². The van der Waals surface area contributed by atoms with Crippen LogP contribution in [0, 0.1) is 0 Å². The second kappa shape index (κ2) is 9.83. The zero-order chi connectivity index (χ0) is 23.5. The third-order valence-electron chi connectivity index (χ3n) is 4.30. The van der Waals surface area contributed by atoms with Gasteiger partial charge >= 0.3 is 151 Å². The number of thioether (sulfide) groups is 1. The fourth-order valence-corrected chi connectivity index (χ4v) is 4.13. The van der Waals surface area contributed by atoms with Crippen LogP contribution in [0.1, 0.15) is 16.7 Å². The predicted molar refractivity (Wildman–Crippen MR) is 112 cm³/mol. The van der Waals surface area contributed by atoms with Gasteiger partial charge in [0.25, 0.3) is 11.1 Å². The molecule has 1 fully saturated rings. The molecule has 0 aliphatic carbocycles. The Morgan fingerprint density at radius 3 is 2.44 bits per heavy atom. The first-order chi connectivity index (χ1) is 15.1. The summed E-state index contributed by atoms with van der Waals surface area (Å²) >= 11 is 2.83. The summed E-state index contributed by atoms with van der Waals surface area (Å²) in [5.74, 6) is -1.27. The van der Waals surface area contributed by atoms with E-state index in [2.05, 4.69) is 21.6 Å². The van der Waals surface area contributed by atoms with Gasteiger partial charge < -0.3 is 0 Å². The predicted octanol–water partition coefficient (Wildman–Crippen LogP) is 4.49. The fraction of sp³-hybridized carbons (Fsp3) is 0.190. The number of ether oxygens (including phenoxy) is 2. The molecule has 1 atom stereocenters. The van der Waals surface area contributed by atoms with Crippen molar-refractivity contribution in [3.05, 3.63) is 64.1 Å². The van der Waals surface area contributed by atoms with E-state index in [9.17, 15) is 27.6 Å². The molecule has 2 aromatic carbocycles. The first-order valence-electron chi connectivity index (χ1n) is 9.05. The van der Waals surface area contributed by atoms with Gasteiger partial charge in [-0.25, -0.2) is 0 Å². The van der Waals surface area contributed by atoms with Crippen LogP contribution in [0.15, 0.2) is 47.4 Å². The van der Waals surface area contributed by atoms with Gasteiger partial charge in [-0.15, -0.1) is 0 Å². The normalized spacial score (nSPS) is 16.1. The Hall–Kier alpha value is -2.71. The van der Waals surface area contributed by atoms with Crippen LogP contribution in [0.2, 0.25) is 4.71 Å². The van der Waals surface area contributed by atoms with E-state index >= 15 is 0 Å². The number of halogens is 3. The van der Waals surface area contributed by atoms with Crippen molar-refractivity contribution in [3.8, 4) is 11.5 Å². The summed E-state index contributed by atoms with van der Waals surface area (Å²) in [4.78, 5) is 34.4. The Kier molecular flexibility index (Phi) is 7.36. The van der Waals surface area contributed by atoms with E-state index in [1.807, 2.05) is 5.32 Å². The van der Waals surface area contributed by atoms with Gasteiger partial charge in [0.05, 0.1) is 4.91 Å². The number of methoxy groups -OCH3 is 1. The van der Waals surface area contributed by atoms with Crippen molar-refractivity contribution in [2.24, 2.45) is 0 Å². The van der Waals surface area contributed by atoms with Gasteiger partial charge in [0, 0.05) is 0 Å². The minimum atomic E-state index is -4.71. The molecular formula is C21H15AsF3NO5S. The molecule has 1 aliphatic heterocycles. The third kappa shape index (κ3) is 5.95. The Bertz CT molecular complexity index is 1090. The number of hydrogen-bond acceptors (Lipinski definition) is 6. The number of carbonyl (C=O) groups is 3. The van der Waals surface area contributed by atoms with Gasteiger partial charge in [-0.1, -0.05) is 0 Å². The number of amides is 2. The van der Waals surface area contributed by atoms with E-state index in [1.165, 1.54) is 31.4 Å². The van der Waals surface area contributed by atoms with E-state index in [4.69, 9.17) is 4.74 Å². The topological polar surface area (TPSA) is 81.7 Å². The molecule has 6 nitrogen and oxygen atoms in total. The van der Waals surface area contributed by atoms with Crippen LogP contribution in [0.3, 0.4) is 0 Å². The molecule has 32 heavy (non-hydrogen) atoms. The molecule has 1 N–H and O–H groups in total. The number of carbonyl (C=O) groups excluding carboxylic acids is 3. The van der Waals surface area contributed by atoms with Crippen LogP contribution in [0.5, 0.6) is 11.5 Å². The van der Waals surface area contributed by atoms with E-state index in [0.29, 0.717) is 18.2 Å². The zero-order valence-corrected chi connectivity index (χ0v) is 19.1. The Morgan fingerprint density at radius 1 is 1.19 bits per heavy atom. The molecule has 0 spiro atoms. The average molecular weight is 525 g/mol. The molecule has 166 valence electrons. The average Bonchev–Trinajstić information content (AvgIpc) is 3.05. The first-order valence-corrected chi connectivity index (χ1v) is 11.0. The van der Waals surface area contributed by atoms with Gasteiger partial charge in [-0.05, 0) is 11.8 Å². The summed E-state index contributed by atoms with van der Waals surface area (Å²) in [7, 11) is 1.29. The van der Waals surface area contributed by atoms with E-state index in [-0.39, 0.29) is 22.2 Å². The van der Waals surface area contributed by atoms with Crippen molar-refractivity contribution in [1.29, 1.82) is 0 Å². The fourth-order valence-electron chi connectivity index (χ4n) is 2.78. The summed E-state index contributed by atoms with van der Waals surface area (Å²) in [6, 6.07) is 9.68. The number of imide groups is 1. The summed E-state index contributed by atoms with van der Waals surface area (Å²) in [5, 5.41) is 1.46. The van der Waals surface area contributed by atoms with Crippen molar-refractivity contribution in [1.82, 2.24) is 5.32 Å². The molecule has 3 rings (SSSR count). The standard InChI is InChI=1S/C21H15AsF3NO5S/c1-30-19(28)15(22)9-11-2-5-13(6-3-11)31-16-7-4-12(8-14(16)21(23,24)25)10-17-18(27)26-20(29)32-17/h2-8,10,15H,9H2,1H3,(H,26,27,29)/b17-10+. The van der Waals surface area contributed by atoms with Gasteiger partial charge in [0.1, 0.15) is 0 Å². The summed E-state index contributed by atoms with van der Waals surface area (Å²) in [6.45, 7) is 0. The van der Waals surface area contributed by atoms with Gasteiger partial charge in [-0.2, -0.15) is 0 Å². The molecule has 0 aromatic heterocycles. The van der Waals surface area contributed by atoms with Crippen molar-refractivity contribution in [2.75, 3.05) is 7.11 Å². The van der Waals surface area contributed by atoms with E-state index in [0.717, 1.165) is 17.7 Å². The molecule has 1 aliphatic rings. The quantitative estimate of drug-likeness (QED) is 0.340. The summed E-state index contributed by atoms with van der Waals surface area (Å²) < 4.78 is 50.5. The summed E-state index contributed by atoms with van der Waals surface area (Å²) in [6.07, 6.45) is -3.11. The third-order valence-corrected chi connectivity index (χ3v) is 5.94. The van der Waals surface area contributed by atoms with Crippen LogP contribution >= 0.6 is 11.8 Å². The molecule has 2 aromatic rings. The van der Waals surface area contributed by atoms with Crippen molar-refractivity contribution in [2.45, 2.75) is 17.3 Å². The van der Waals surface area contributed by atoms with Crippen LogP contribution < -0.4 is 10.1 Å². The number of benzene rings is 2. The number of hydrogen-bond donors (Lipinski definition) is 1. The van der Waals surface area contributed by atoms with Crippen molar-refractivity contribution < 1.29 is 37.0 Å². The number of nitrogens with one attached hydrogen (secondary N) is 1. The van der Waals surface area contributed by atoms with Crippen LogP contribution in [0.25, 0.3) is 6.08 Å². The molecular weight excluding hydrogens is 510 g/mol. The Morgan fingerprint density at radius 2 is 1.88 bits per heavy atom. The molecule has 0 saturated carbocycles. The molecule has 0 bridgehead atoms. The van der Waals surface area contributed by atoms with Crippen LogP contribution in [-0.2, 0) is 26.9 Å². The molecule has 1 heterocycles. The maximum absolute atomic E-state index is 13.6. The number of rotatable bonds is 6. The summed E-state index contributed by atoms with van der Waals surface area (Å²) in [5.41, 5.74) is -0.141. The van der Waals surface area contributed by atoms with Crippen LogP contribution in [-0.4, -0.2) is 41.1 Å². The minimum absolute atomic E-state index is 0.00665. The Balaban J connectivity index is 1.82.